The molecule has 4 rings (SSSR count). The number of carbonyl (C=O) groups is 3. The van der Waals surface area contributed by atoms with Gasteiger partial charge in [-0.25, -0.2) is 4.98 Å². The molecule has 31 heavy (non-hydrogen) atoms. The quantitative estimate of drug-likeness (QED) is 0.657. The lowest BCUT2D eigenvalue weighted by Crippen LogP contribution is -2.38. The van der Waals surface area contributed by atoms with E-state index in [0.29, 0.717) is 12.5 Å². The van der Waals surface area contributed by atoms with Gasteiger partial charge >= 0.3 is 0 Å². The maximum absolute atomic E-state index is 12.8. The van der Waals surface area contributed by atoms with Crippen LogP contribution in [-0.4, -0.2) is 63.3 Å². The first kappa shape index (κ1) is 21.5. The first-order valence-electron chi connectivity index (χ1n) is 11.4. The lowest BCUT2D eigenvalue weighted by atomic mass is 9.81. The summed E-state index contributed by atoms with van der Waals surface area (Å²) in [6, 6.07) is 7.77. The molecule has 0 unspecified atom stereocenters. The van der Waals surface area contributed by atoms with Gasteiger partial charge < -0.3 is 9.47 Å². The van der Waals surface area contributed by atoms with E-state index in [1.165, 1.54) is 0 Å². The Bertz CT molecular complexity index is 957. The average molecular weight is 426 g/mol. The minimum absolute atomic E-state index is 0.195. The predicted molar refractivity (Wildman–Crippen MR) is 118 cm³/mol. The number of carbonyl (C=O) groups excluding carboxylic acids is 3. The predicted octanol–water partition coefficient (Wildman–Crippen LogP) is 2.49. The van der Waals surface area contributed by atoms with E-state index in [-0.39, 0.29) is 36.1 Å². The second-order valence-corrected chi connectivity index (χ2v) is 8.41. The van der Waals surface area contributed by atoms with Gasteiger partial charge in [0, 0.05) is 13.1 Å². The molecule has 1 aliphatic heterocycles. The summed E-state index contributed by atoms with van der Waals surface area (Å²) in [5.41, 5.74) is 1.75. The zero-order valence-electron chi connectivity index (χ0n) is 18.3. The Morgan fingerprint density at radius 3 is 2.39 bits per heavy atom. The molecule has 1 N–H and O–H groups in total. The van der Waals surface area contributed by atoms with Gasteiger partial charge in [-0.3, -0.25) is 24.6 Å². The van der Waals surface area contributed by atoms with Crippen molar-refractivity contribution in [3.63, 3.8) is 0 Å². The van der Waals surface area contributed by atoms with Crippen LogP contribution in [0.5, 0.6) is 0 Å². The highest BCUT2D eigenvalue weighted by atomic mass is 16.2. The molecular weight excluding hydrogens is 394 g/mol. The second kappa shape index (κ2) is 9.18. The third-order valence-corrected chi connectivity index (χ3v) is 6.67. The Kier molecular flexibility index (Phi) is 6.36. The van der Waals surface area contributed by atoms with Gasteiger partial charge in [0.2, 0.25) is 23.7 Å². The highest BCUT2D eigenvalue weighted by Gasteiger charge is 2.48. The molecule has 2 aromatic rings. The number of imide groups is 1. The van der Waals surface area contributed by atoms with Gasteiger partial charge in [-0.05, 0) is 38.1 Å². The number of para-hydroxylation sites is 2. The molecule has 2 aliphatic rings. The highest BCUT2D eigenvalue weighted by molar-refractivity contribution is 6.08. The van der Waals surface area contributed by atoms with E-state index in [9.17, 15) is 14.4 Å². The fraction of sp³-hybridized carbons (Fsp3) is 0.565. The summed E-state index contributed by atoms with van der Waals surface area (Å²) in [6.07, 6.45) is 3.43. The van der Waals surface area contributed by atoms with Crippen LogP contribution in [0.4, 0.5) is 5.95 Å². The van der Waals surface area contributed by atoms with E-state index < -0.39 is 0 Å². The third kappa shape index (κ3) is 4.21. The van der Waals surface area contributed by atoms with Gasteiger partial charge in [0.25, 0.3) is 0 Å². The van der Waals surface area contributed by atoms with Crippen molar-refractivity contribution in [3.05, 3.63) is 24.3 Å². The first-order chi connectivity index (χ1) is 15.0. The van der Waals surface area contributed by atoms with E-state index in [1.807, 2.05) is 28.8 Å². The fourth-order valence-corrected chi connectivity index (χ4v) is 4.87. The number of rotatable bonds is 8. The molecule has 0 radical (unpaired) electrons. The van der Waals surface area contributed by atoms with Crippen molar-refractivity contribution in [2.45, 2.75) is 46.1 Å². The molecule has 1 saturated heterocycles. The maximum atomic E-state index is 12.8. The van der Waals surface area contributed by atoms with Crippen LogP contribution in [0.3, 0.4) is 0 Å². The number of hydrogen-bond acceptors (Lipinski definition) is 5. The summed E-state index contributed by atoms with van der Waals surface area (Å²) in [6.45, 7) is 7.43. The summed E-state index contributed by atoms with van der Waals surface area (Å²) >= 11 is 0. The van der Waals surface area contributed by atoms with E-state index in [1.54, 1.807) is 0 Å². The first-order valence-corrected chi connectivity index (χ1v) is 11.4. The molecule has 8 nitrogen and oxygen atoms in total. The van der Waals surface area contributed by atoms with Gasteiger partial charge in [-0.1, -0.05) is 38.8 Å². The molecule has 166 valence electrons. The topological polar surface area (TPSA) is 87.5 Å². The van der Waals surface area contributed by atoms with Crippen molar-refractivity contribution in [2.75, 3.05) is 31.5 Å². The number of hydrogen-bond donors (Lipinski definition) is 1. The van der Waals surface area contributed by atoms with Crippen LogP contribution in [-0.2, 0) is 20.9 Å². The lowest BCUT2D eigenvalue weighted by molar-refractivity contribution is -0.142. The Hall–Kier alpha value is -2.74. The largest absolute Gasteiger partial charge is 0.309 e. The Morgan fingerprint density at radius 2 is 1.74 bits per heavy atom. The smallest absolute Gasteiger partial charge is 0.246 e. The summed E-state index contributed by atoms with van der Waals surface area (Å²) in [4.78, 5) is 46.3. The van der Waals surface area contributed by atoms with Crippen molar-refractivity contribution >= 4 is 34.7 Å². The summed E-state index contributed by atoms with van der Waals surface area (Å²) in [5.74, 6) is -0.810. The molecule has 2 atom stereocenters. The van der Waals surface area contributed by atoms with E-state index in [4.69, 9.17) is 0 Å². The van der Waals surface area contributed by atoms with Crippen LogP contribution >= 0.6 is 0 Å². The second-order valence-electron chi connectivity index (χ2n) is 8.41. The highest BCUT2D eigenvalue weighted by Crippen LogP contribution is 2.37. The summed E-state index contributed by atoms with van der Waals surface area (Å²) in [5, 5.41) is 2.86. The number of imidazole rings is 1. The van der Waals surface area contributed by atoms with Crippen molar-refractivity contribution in [1.29, 1.82) is 0 Å². The van der Waals surface area contributed by atoms with Crippen molar-refractivity contribution in [2.24, 2.45) is 11.8 Å². The number of likely N-dealkylation sites (tertiary alicyclic amines) is 1. The molecule has 0 spiro atoms. The molecule has 2 fully saturated rings. The van der Waals surface area contributed by atoms with Gasteiger partial charge in [0.1, 0.15) is 6.54 Å². The molecule has 1 aromatic heterocycles. The lowest BCUT2D eigenvalue weighted by Gasteiger charge is -2.19. The number of nitrogens with zero attached hydrogens (tertiary/aromatic N) is 4. The van der Waals surface area contributed by atoms with Gasteiger partial charge in [0.05, 0.1) is 22.9 Å². The maximum Gasteiger partial charge on any atom is 0.246 e. The van der Waals surface area contributed by atoms with Gasteiger partial charge in [-0.2, -0.15) is 0 Å². The Morgan fingerprint density at radius 1 is 1.10 bits per heavy atom. The number of anilines is 1. The average Bonchev–Trinajstić information content (AvgIpc) is 3.25. The van der Waals surface area contributed by atoms with Crippen molar-refractivity contribution < 1.29 is 14.4 Å². The SMILES string of the molecule is CCN(CC)CCn1c(NC(=O)CN2C(=O)[C@@H]3CCCC[C@H]3C2=O)nc2ccccc21. The number of nitrogens with one attached hydrogen (secondary N) is 1. The minimum Gasteiger partial charge on any atom is -0.309 e. The molecule has 8 heteroatoms. The molecule has 2 heterocycles. The molecule has 1 saturated carbocycles. The van der Waals surface area contributed by atoms with E-state index >= 15 is 0 Å². The number of benzene rings is 1. The van der Waals surface area contributed by atoms with Crippen LogP contribution in [0.15, 0.2) is 24.3 Å². The van der Waals surface area contributed by atoms with Crippen LogP contribution in [0.1, 0.15) is 39.5 Å². The van der Waals surface area contributed by atoms with Gasteiger partial charge in [0.15, 0.2) is 0 Å². The van der Waals surface area contributed by atoms with Crippen molar-refractivity contribution in [3.8, 4) is 0 Å². The molecule has 3 amide bonds. The monoisotopic (exact) mass is 425 g/mol. The summed E-state index contributed by atoms with van der Waals surface area (Å²) < 4.78 is 2.00. The van der Waals surface area contributed by atoms with Gasteiger partial charge in [-0.15, -0.1) is 0 Å². The van der Waals surface area contributed by atoms with Crippen molar-refractivity contribution in [1.82, 2.24) is 19.4 Å². The molecule has 1 aromatic carbocycles. The number of likely N-dealkylation sites (N-methyl/N-ethyl adjacent to an activating group) is 1. The number of amides is 3. The third-order valence-electron chi connectivity index (χ3n) is 6.67. The zero-order chi connectivity index (χ0) is 22.0. The molecular formula is C23H31N5O3. The van der Waals surface area contributed by atoms with Crippen LogP contribution in [0.2, 0.25) is 0 Å². The van der Waals surface area contributed by atoms with Crippen LogP contribution < -0.4 is 5.32 Å². The van der Waals surface area contributed by atoms with E-state index in [2.05, 4.69) is 29.0 Å². The summed E-state index contributed by atoms with van der Waals surface area (Å²) in [7, 11) is 0. The number of aromatic nitrogens is 2. The standard InChI is InChI=1S/C23H31N5O3/c1-3-26(4-2)13-14-27-19-12-8-7-11-18(19)24-23(27)25-20(29)15-28-21(30)16-9-5-6-10-17(16)22(28)31/h7-8,11-12,16-17H,3-6,9-10,13-15H2,1-2H3,(H,24,25,29)/t16-,17-/m1/s1. The Balaban J connectivity index is 1.50. The zero-order valence-corrected chi connectivity index (χ0v) is 18.3. The normalized spacial score (nSPS) is 21.2. The van der Waals surface area contributed by atoms with E-state index in [0.717, 1.165) is 61.3 Å². The van der Waals surface area contributed by atoms with Crippen LogP contribution in [0.25, 0.3) is 11.0 Å². The van der Waals surface area contributed by atoms with Crippen LogP contribution in [0, 0.1) is 11.8 Å². The fourth-order valence-electron chi connectivity index (χ4n) is 4.87. The molecule has 1 aliphatic carbocycles. The minimum atomic E-state index is -0.389. The Labute approximate surface area is 182 Å². The molecule has 0 bridgehead atoms. The number of fused-ring (bicyclic) bond motifs is 2.